The Hall–Kier alpha value is -4.15. The number of likely N-dealkylation sites (N-methyl/N-ethyl adjacent to an activating group) is 3. The third-order valence-electron chi connectivity index (χ3n) is 8.31. The molecular weight excluding hydrogens is 578 g/mol. The molecular formula is C35H42F2N4O4. The van der Waals surface area contributed by atoms with Gasteiger partial charge in [0.1, 0.15) is 18.7 Å². The van der Waals surface area contributed by atoms with Gasteiger partial charge in [0, 0.05) is 39.5 Å². The molecule has 0 aliphatic carbocycles. The average Bonchev–Trinajstić information content (AvgIpc) is 3.58. The minimum atomic E-state index is -1.03. The van der Waals surface area contributed by atoms with Crippen molar-refractivity contribution in [3.63, 3.8) is 0 Å². The monoisotopic (exact) mass is 620 g/mol. The first kappa shape index (κ1) is 33.7. The molecule has 1 heterocycles. The fourth-order valence-corrected chi connectivity index (χ4v) is 5.66. The van der Waals surface area contributed by atoms with E-state index in [2.05, 4.69) is 10.6 Å². The number of carbonyl (C=O) groups is 3. The van der Waals surface area contributed by atoms with Crippen LogP contribution in [-0.4, -0.2) is 86.0 Å². The van der Waals surface area contributed by atoms with E-state index in [9.17, 15) is 23.2 Å². The van der Waals surface area contributed by atoms with Gasteiger partial charge in [0.15, 0.2) is 11.6 Å². The van der Waals surface area contributed by atoms with Crippen LogP contribution in [0.15, 0.2) is 72.8 Å². The number of ether oxygens (including phenoxy) is 1. The predicted molar refractivity (Wildman–Crippen MR) is 169 cm³/mol. The maximum atomic E-state index is 14.3. The Morgan fingerprint density at radius 1 is 0.933 bits per heavy atom. The summed E-state index contributed by atoms with van der Waals surface area (Å²) in [6.07, 6.45) is 2.20. The Morgan fingerprint density at radius 3 is 2.22 bits per heavy atom. The third-order valence-corrected chi connectivity index (χ3v) is 8.31. The van der Waals surface area contributed by atoms with Crippen molar-refractivity contribution in [2.75, 3.05) is 40.4 Å². The molecule has 1 aliphatic heterocycles. The predicted octanol–water partition coefficient (Wildman–Crippen LogP) is 3.98. The van der Waals surface area contributed by atoms with Crippen LogP contribution >= 0.6 is 0 Å². The van der Waals surface area contributed by atoms with E-state index in [1.165, 1.54) is 22.9 Å². The largest absolute Gasteiger partial charge is 0.370 e. The Labute approximate surface area is 263 Å². The number of hydrogen-bond donors (Lipinski definition) is 2. The summed E-state index contributed by atoms with van der Waals surface area (Å²) in [5.41, 5.74) is 3.26. The van der Waals surface area contributed by atoms with E-state index in [1.807, 2.05) is 54.6 Å². The molecule has 3 amide bonds. The number of halogens is 2. The van der Waals surface area contributed by atoms with Gasteiger partial charge in [-0.05, 0) is 60.7 Å². The molecule has 3 aromatic carbocycles. The van der Waals surface area contributed by atoms with Gasteiger partial charge in [-0.3, -0.25) is 14.4 Å². The summed E-state index contributed by atoms with van der Waals surface area (Å²) in [6, 6.07) is 19.4. The fourth-order valence-electron chi connectivity index (χ4n) is 5.66. The quantitative estimate of drug-likeness (QED) is 0.285. The fraction of sp³-hybridized carbons (Fsp3) is 0.400. The van der Waals surface area contributed by atoms with E-state index < -0.39 is 35.5 Å². The van der Waals surface area contributed by atoms with Crippen LogP contribution in [0.3, 0.4) is 0 Å². The number of nitrogens with zero attached hydrogens (tertiary/aromatic N) is 2. The van der Waals surface area contributed by atoms with Crippen LogP contribution in [0.1, 0.15) is 30.9 Å². The van der Waals surface area contributed by atoms with Crippen molar-refractivity contribution in [3.05, 3.63) is 95.6 Å². The number of rotatable bonds is 14. The maximum Gasteiger partial charge on any atom is 0.249 e. The van der Waals surface area contributed by atoms with E-state index in [-0.39, 0.29) is 37.9 Å². The second-order valence-corrected chi connectivity index (χ2v) is 11.3. The molecule has 240 valence electrons. The topological polar surface area (TPSA) is 91.0 Å². The highest BCUT2D eigenvalue weighted by Crippen LogP contribution is 2.22. The van der Waals surface area contributed by atoms with E-state index in [0.717, 1.165) is 48.2 Å². The SMILES string of the molecule is CCN(C(=O)[C@@H](Cc1ccc(-c2ccccc2)cc1)N(C)C(=O)COC[C@@H]1CCCN1)[C@H](Cc1ccc(F)c(F)c1)C(=O)NC. The van der Waals surface area contributed by atoms with Gasteiger partial charge in [0.2, 0.25) is 17.7 Å². The van der Waals surface area contributed by atoms with Crippen molar-refractivity contribution in [1.82, 2.24) is 20.4 Å². The van der Waals surface area contributed by atoms with Crippen LogP contribution in [0.2, 0.25) is 0 Å². The number of amides is 3. The van der Waals surface area contributed by atoms with E-state index in [4.69, 9.17) is 4.74 Å². The van der Waals surface area contributed by atoms with Crippen LogP contribution < -0.4 is 10.6 Å². The van der Waals surface area contributed by atoms with Gasteiger partial charge >= 0.3 is 0 Å². The summed E-state index contributed by atoms with van der Waals surface area (Å²) in [6.45, 7) is 3.02. The van der Waals surface area contributed by atoms with Crippen LogP contribution in [0.5, 0.6) is 0 Å². The van der Waals surface area contributed by atoms with Crippen molar-refractivity contribution in [3.8, 4) is 11.1 Å². The van der Waals surface area contributed by atoms with Gasteiger partial charge in [0.25, 0.3) is 0 Å². The zero-order chi connectivity index (χ0) is 32.3. The summed E-state index contributed by atoms with van der Waals surface area (Å²) in [7, 11) is 3.02. The Morgan fingerprint density at radius 2 is 1.60 bits per heavy atom. The van der Waals surface area contributed by atoms with E-state index >= 15 is 0 Å². The van der Waals surface area contributed by atoms with Crippen LogP contribution in [0.25, 0.3) is 11.1 Å². The third kappa shape index (κ3) is 8.95. The molecule has 1 fully saturated rings. The molecule has 4 rings (SSSR count). The van der Waals surface area contributed by atoms with Crippen molar-refractivity contribution >= 4 is 17.7 Å². The summed E-state index contributed by atoms with van der Waals surface area (Å²) >= 11 is 0. The molecule has 10 heteroatoms. The molecule has 8 nitrogen and oxygen atoms in total. The highest BCUT2D eigenvalue weighted by Gasteiger charge is 2.36. The summed E-state index contributed by atoms with van der Waals surface area (Å²) in [5.74, 6) is -3.28. The lowest BCUT2D eigenvalue weighted by molar-refractivity contribution is -0.150. The van der Waals surface area contributed by atoms with Gasteiger partial charge in [0.05, 0.1) is 6.61 Å². The molecule has 0 saturated carbocycles. The Kier molecular flexibility index (Phi) is 12.2. The van der Waals surface area contributed by atoms with E-state index in [0.29, 0.717) is 12.2 Å². The van der Waals surface area contributed by atoms with Crippen LogP contribution in [0.4, 0.5) is 8.78 Å². The first-order valence-corrected chi connectivity index (χ1v) is 15.4. The lowest BCUT2D eigenvalue weighted by Gasteiger charge is -2.36. The van der Waals surface area contributed by atoms with Crippen molar-refractivity contribution in [1.29, 1.82) is 0 Å². The summed E-state index contributed by atoms with van der Waals surface area (Å²) < 4.78 is 33.4. The van der Waals surface area contributed by atoms with Crippen LogP contribution in [-0.2, 0) is 32.0 Å². The zero-order valence-corrected chi connectivity index (χ0v) is 26.1. The van der Waals surface area contributed by atoms with Crippen molar-refractivity contribution < 1.29 is 27.9 Å². The Balaban J connectivity index is 1.59. The minimum absolute atomic E-state index is 0.0376. The molecule has 0 unspecified atom stereocenters. The molecule has 0 radical (unpaired) electrons. The van der Waals surface area contributed by atoms with Crippen LogP contribution in [0, 0.1) is 11.6 Å². The smallest absolute Gasteiger partial charge is 0.249 e. The molecule has 45 heavy (non-hydrogen) atoms. The molecule has 1 saturated heterocycles. The average molecular weight is 621 g/mol. The highest BCUT2D eigenvalue weighted by molar-refractivity contribution is 5.92. The molecule has 2 N–H and O–H groups in total. The maximum absolute atomic E-state index is 14.3. The molecule has 0 bridgehead atoms. The Bertz CT molecular complexity index is 1430. The number of benzene rings is 3. The molecule has 0 spiro atoms. The van der Waals surface area contributed by atoms with Crippen molar-refractivity contribution in [2.45, 2.75) is 50.7 Å². The molecule has 1 aliphatic rings. The zero-order valence-electron chi connectivity index (χ0n) is 26.1. The number of carbonyl (C=O) groups excluding carboxylic acids is 3. The molecule has 3 aromatic rings. The van der Waals surface area contributed by atoms with Crippen molar-refractivity contribution in [2.24, 2.45) is 0 Å². The number of hydrogen-bond acceptors (Lipinski definition) is 5. The second kappa shape index (κ2) is 16.2. The van der Waals surface area contributed by atoms with E-state index in [1.54, 1.807) is 14.0 Å². The minimum Gasteiger partial charge on any atom is -0.370 e. The summed E-state index contributed by atoms with van der Waals surface area (Å²) in [5, 5.41) is 5.93. The highest BCUT2D eigenvalue weighted by atomic mass is 19.2. The lowest BCUT2D eigenvalue weighted by Crippen LogP contribution is -2.57. The van der Waals surface area contributed by atoms with Gasteiger partial charge in [-0.2, -0.15) is 0 Å². The van der Waals surface area contributed by atoms with Gasteiger partial charge < -0.3 is 25.2 Å². The summed E-state index contributed by atoms with van der Waals surface area (Å²) in [4.78, 5) is 43.6. The first-order chi connectivity index (χ1) is 21.7. The number of nitrogens with one attached hydrogen (secondary N) is 2. The second-order valence-electron chi connectivity index (χ2n) is 11.3. The lowest BCUT2D eigenvalue weighted by atomic mass is 9.98. The molecule has 3 atom stereocenters. The van der Waals surface area contributed by atoms with Gasteiger partial charge in [-0.1, -0.05) is 60.7 Å². The van der Waals surface area contributed by atoms with Gasteiger partial charge in [-0.15, -0.1) is 0 Å². The molecule has 0 aromatic heterocycles. The first-order valence-electron chi connectivity index (χ1n) is 15.4. The standard InChI is InChI=1S/C35H42F2N4O4/c1-4-41(31(34(43)38-2)21-25-14-17-29(36)30(37)19-25)35(44)32(40(3)33(42)23-45-22-28-11-8-18-39-28)20-24-12-15-27(16-13-24)26-9-6-5-7-10-26/h5-7,9-10,12-17,19,28,31-32,39H,4,8,11,18,20-23H2,1-3H3,(H,38,43)/t28-,31+,32+/m0/s1. The normalized spacial score (nSPS) is 15.7. The van der Waals surface area contributed by atoms with Gasteiger partial charge in [-0.25, -0.2) is 8.78 Å².